The molecule has 1 fully saturated rings. The molecule has 1 saturated heterocycles. The molecule has 2 amide bonds. The largest absolute Gasteiger partial charge is 0.325 e. The third kappa shape index (κ3) is 5.12. The highest BCUT2D eigenvalue weighted by atomic mass is 35.5. The second-order valence-corrected chi connectivity index (χ2v) is 8.30. The molecule has 0 bridgehead atoms. The third-order valence-electron chi connectivity index (χ3n) is 3.43. The van der Waals surface area contributed by atoms with Crippen LogP contribution in [0.4, 0.5) is 5.69 Å². The Morgan fingerprint density at radius 3 is 2.56 bits per heavy atom. The van der Waals surface area contributed by atoms with Gasteiger partial charge >= 0.3 is 0 Å². The molecule has 1 N–H and O–H groups in total. The Balaban J connectivity index is 2.09. The minimum Gasteiger partial charge on any atom is -0.325 e. The number of benzene rings is 1. The number of anilines is 1. The molecule has 1 atom stereocenters. The predicted molar refractivity (Wildman–Crippen MR) is 106 cm³/mol. The summed E-state index contributed by atoms with van der Waals surface area (Å²) < 4.78 is 0. The molecule has 0 aromatic heterocycles. The highest BCUT2D eigenvalue weighted by Crippen LogP contribution is 2.32. The van der Waals surface area contributed by atoms with Gasteiger partial charge in [-0.15, -0.1) is 0 Å². The van der Waals surface area contributed by atoms with Crippen LogP contribution in [0.15, 0.2) is 23.2 Å². The second kappa shape index (κ2) is 8.43. The van der Waals surface area contributed by atoms with Crippen molar-refractivity contribution in [3.8, 4) is 0 Å². The highest BCUT2D eigenvalue weighted by molar-refractivity contribution is 8.15. The number of nitrogens with one attached hydrogen (secondary N) is 1. The molecule has 0 aliphatic carbocycles. The van der Waals surface area contributed by atoms with Crippen molar-refractivity contribution in [3.05, 3.63) is 28.2 Å². The van der Waals surface area contributed by atoms with Crippen molar-refractivity contribution in [1.82, 2.24) is 4.90 Å². The maximum absolute atomic E-state index is 12.6. The molecule has 1 aliphatic rings. The van der Waals surface area contributed by atoms with Gasteiger partial charge in [0.2, 0.25) is 11.8 Å². The van der Waals surface area contributed by atoms with Crippen LogP contribution in [0.25, 0.3) is 0 Å². The average Bonchev–Trinajstić information content (AvgIpc) is 2.77. The van der Waals surface area contributed by atoms with E-state index in [1.165, 1.54) is 11.8 Å². The summed E-state index contributed by atoms with van der Waals surface area (Å²) in [5.74, 6) is -0.360. The number of hydrogen-bond donors (Lipinski definition) is 1. The number of halogens is 2. The zero-order valence-corrected chi connectivity index (χ0v) is 16.9. The van der Waals surface area contributed by atoms with Crippen LogP contribution in [-0.2, 0) is 9.59 Å². The number of carbonyl (C=O) groups is 2. The molecule has 0 spiro atoms. The number of amidine groups is 1. The summed E-state index contributed by atoms with van der Waals surface area (Å²) in [6.45, 7) is 7.78. The van der Waals surface area contributed by atoms with Gasteiger partial charge in [-0.1, -0.05) is 35.0 Å². The molecule has 1 aromatic carbocycles. The van der Waals surface area contributed by atoms with E-state index in [-0.39, 0.29) is 30.3 Å². The fourth-order valence-corrected chi connectivity index (χ4v) is 4.21. The fourth-order valence-electron chi connectivity index (χ4n) is 2.36. The second-order valence-electron chi connectivity index (χ2n) is 6.29. The maximum atomic E-state index is 12.6. The lowest BCUT2D eigenvalue weighted by Gasteiger charge is -2.21. The van der Waals surface area contributed by atoms with Crippen LogP contribution >= 0.6 is 35.0 Å². The summed E-state index contributed by atoms with van der Waals surface area (Å²) >= 11 is 13.3. The number of amides is 2. The molecule has 5 nitrogen and oxygen atoms in total. The summed E-state index contributed by atoms with van der Waals surface area (Å²) in [5.41, 5.74) is 0.475. The van der Waals surface area contributed by atoms with Crippen molar-refractivity contribution >= 4 is 57.6 Å². The Morgan fingerprint density at radius 1 is 1.32 bits per heavy atom. The van der Waals surface area contributed by atoms with Crippen LogP contribution in [0, 0.1) is 0 Å². The lowest BCUT2D eigenvalue weighted by atomic mass is 10.2. The van der Waals surface area contributed by atoms with Gasteiger partial charge in [-0.3, -0.25) is 19.5 Å². The molecule has 8 heteroatoms. The van der Waals surface area contributed by atoms with Gasteiger partial charge in [0.15, 0.2) is 5.17 Å². The van der Waals surface area contributed by atoms with Crippen molar-refractivity contribution < 1.29 is 9.59 Å². The van der Waals surface area contributed by atoms with Crippen molar-refractivity contribution in [2.75, 3.05) is 5.32 Å². The molecule has 25 heavy (non-hydrogen) atoms. The molecule has 0 saturated carbocycles. The first-order valence-electron chi connectivity index (χ1n) is 8.01. The van der Waals surface area contributed by atoms with Gasteiger partial charge in [-0.05, 0) is 45.9 Å². The minimum absolute atomic E-state index is 0.00345. The SMILES string of the molecule is CC(C)N=C1SC(CC(=O)Nc2ccc(Cl)cc2Cl)C(=O)N1C(C)C. The number of hydrogen-bond acceptors (Lipinski definition) is 4. The number of thioether (sulfide) groups is 1. The first-order chi connectivity index (χ1) is 11.7. The number of carbonyl (C=O) groups excluding carboxylic acids is 2. The van der Waals surface area contributed by atoms with E-state index in [1.807, 2.05) is 27.7 Å². The van der Waals surface area contributed by atoms with Crippen LogP contribution in [0.2, 0.25) is 10.0 Å². The summed E-state index contributed by atoms with van der Waals surface area (Å²) in [4.78, 5) is 31.1. The van der Waals surface area contributed by atoms with Crippen LogP contribution < -0.4 is 5.32 Å². The van der Waals surface area contributed by atoms with Gasteiger partial charge in [-0.2, -0.15) is 0 Å². The Hall–Kier alpha value is -1.24. The number of rotatable bonds is 5. The Bertz CT molecular complexity index is 707. The van der Waals surface area contributed by atoms with Crippen LogP contribution in [0.3, 0.4) is 0 Å². The van der Waals surface area contributed by atoms with E-state index in [0.717, 1.165) is 0 Å². The van der Waals surface area contributed by atoms with Crippen molar-refractivity contribution in [3.63, 3.8) is 0 Å². The smallest absolute Gasteiger partial charge is 0.242 e. The molecular formula is C17H21Cl2N3O2S. The summed E-state index contributed by atoms with van der Waals surface area (Å²) in [7, 11) is 0. The fraction of sp³-hybridized carbons (Fsp3) is 0.471. The molecule has 1 unspecified atom stereocenters. The first kappa shape index (κ1) is 20.1. The van der Waals surface area contributed by atoms with Crippen molar-refractivity contribution in [2.45, 2.75) is 51.4 Å². The summed E-state index contributed by atoms with van der Waals surface area (Å²) in [6.07, 6.45) is 0.0583. The van der Waals surface area contributed by atoms with Gasteiger partial charge in [0.05, 0.1) is 10.7 Å². The van der Waals surface area contributed by atoms with E-state index in [1.54, 1.807) is 23.1 Å². The highest BCUT2D eigenvalue weighted by Gasteiger charge is 2.40. The molecular weight excluding hydrogens is 381 g/mol. The molecule has 2 rings (SSSR count). The van der Waals surface area contributed by atoms with Crippen LogP contribution in [0.1, 0.15) is 34.1 Å². The Kier molecular flexibility index (Phi) is 6.77. The topological polar surface area (TPSA) is 61.8 Å². The van der Waals surface area contributed by atoms with E-state index in [2.05, 4.69) is 10.3 Å². The van der Waals surface area contributed by atoms with Gasteiger partial charge in [-0.25, -0.2) is 0 Å². The summed E-state index contributed by atoms with van der Waals surface area (Å²) in [5, 5.41) is 3.78. The first-order valence-corrected chi connectivity index (χ1v) is 9.65. The molecule has 0 radical (unpaired) electrons. The lowest BCUT2D eigenvalue weighted by Crippen LogP contribution is -2.38. The number of nitrogens with zero attached hydrogens (tertiary/aromatic N) is 2. The number of aliphatic imine (C=N–C) groups is 1. The third-order valence-corrected chi connectivity index (χ3v) is 5.14. The Morgan fingerprint density at radius 2 is 2.00 bits per heavy atom. The standard InChI is InChI=1S/C17H21Cl2N3O2S/c1-9(2)20-17-22(10(3)4)16(24)14(25-17)8-15(23)21-13-6-5-11(18)7-12(13)19/h5-7,9-10,14H,8H2,1-4H3,(H,21,23). The van der Waals surface area contributed by atoms with Gasteiger partial charge in [0.25, 0.3) is 0 Å². The molecule has 136 valence electrons. The van der Waals surface area contributed by atoms with Crippen molar-refractivity contribution in [1.29, 1.82) is 0 Å². The predicted octanol–water partition coefficient (Wildman–Crippen LogP) is 4.44. The van der Waals surface area contributed by atoms with Gasteiger partial charge in [0.1, 0.15) is 5.25 Å². The normalized spacial score (nSPS) is 19.4. The Labute approximate surface area is 162 Å². The zero-order valence-electron chi connectivity index (χ0n) is 14.5. The van der Waals surface area contributed by atoms with E-state index >= 15 is 0 Å². The quantitative estimate of drug-likeness (QED) is 0.792. The maximum Gasteiger partial charge on any atom is 0.242 e. The summed E-state index contributed by atoms with van der Waals surface area (Å²) in [6, 6.07) is 4.92. The van der Waals surface area contributed by atoms with Crippen LogP contribution in [-0.4, -0.2) is 39.2 Å². The molecule has 1 aromatic rings. The molecule has 1 heterocycles. The van der Waals surface area contributed by atoms with E-state index in [0.29, 0.717) is 20.9 Å². The monoisotopic (exact) mass is 401 g/mol. The van der Waals surface area contributed by atoms with E-state index < -0.39 is 5.25 Å². The molecule has 1 aliphatic heterocycles. The minimum atomic E-state index is -0.481. The van der Waals surface area contributed by atoms with Crippen LogP contribution in [0.5, 0.6) is 0 Å². The van der Waals surface area contributed by atoms with Gasteiger partial charge < -0.3 is 5.32 Å². The van der Waals surface area contributed by atoms with E-state index in [4.69, 9.17) is 23.2 Å². The average molecular weight is 402 g/mol. The van der Waals surface area contributed by atoms with E-state index in [9.17, 15) is 9.59 Å². The lowest BCUT2D eigenvalue weighted by molar-refractivity contribution is -0.129. The van der Waals surface area contributed by atoms with Crippen molar-refractivity contribution in [2.24, 2.45) is 4.99 Å². The zero-order chi connectivity index (χ0) is 18.7. The van der Waals surface area contributed by atoms with Gasteiger partial charge in [0, 0.05) is 23.5 Å².